The Hall–Kier alpha value is -7.74. The summed E-state index contributed by atoms with van der Waals surface area (Å²) in [6.45, 7) is 19.9. The van der Waals surface area contributed by atoms with Gasteiger partial charge in [-0.05, 0) is 160 Å². The Morgan fingerprint density at radius 3 is 1.36 bits per heavy atom. The number of ether oxygens (including phenoxy) is 1. The molecule has 6 aromatic rings. The zero-order chi connectivity index (χ0) is 67.1. The molecule has 96 heavy (non-hydrogen) atoms. The van der Waals surface area contributed by atoms with Gasteiger partial charge in [-0.25, -0.2) is 12.7 Å². The van der Waals surface area contributed by atoms with Crippen molar-refractivity contribution >= 4 is 78.4 Å². The van der Waals surface area contributed by atoms with E-state index in [1.54, 1.807) is 55.4 Å². The number of aromatic nitrogens is 3. The van der Waals surface area contributed by atoms with E-state index in [1.807, 2.05) is 35.0 Å². The minimum Gasteiger partial charge on any atom is -0.449 e. The summed E-state index contributed by atoms with van der Waals surface area (Å²) in [5.74, 6) is 3.25. The molecule has 0 aromatic carbocycles. The van der Waals surface area contributed by atoms with Crippen LogP contribution in [-0.4, -0.2) is 212 Å². The highest BCUT2D eigenvalue weighted by Crippen LogP contribution is 2.61. The molecule has 4 atom stereocenters. The molecule has 3 spiro atoms. The van der Waals surface area contributed by atoms with Crippen molar-refractivity contribution in [2.75, 3.05) is 118 Å². The molecule has 15 rings (SSSR count). The molecule has 9 aliphatic rings. The first-order valence-corrected chi connectivity index (χ1v) is 36.4. The van der Waals surface area contributed by atoms with Crippen molar-refractivity contribution in [2.45, 2.75) is 97.0 Å². The number of nitrogens with one attached hydrogen (secondary N) is 3. The number of amides is 6. The highest BCUT2D eigenvalue weighted by molar-refractivity contribution is 7.88. The van der Waals surface area contributed by atoms with Crippen LogP contribution in [0.2, 0.25) is 0 Å². The van der Waals surface area contributed by atoms with Crippen molar-refractivity contribution in [3.8, 4) is 0 Å². The molecule has 3 N–H and O–H groups in total. The summed E-state index contributed by atoms with van der Waals surface area (Å²) in [7, 11) is -1.11. The molecule has 25 heteroatoms. The number of likely N-dealkylation sites (N-methyl/N-ethyl adjacent to an activating group) is 1. The van der Waals surface area contributed by atoms with Crippen LogP contribution in [0.25, 0.3) is 32.9 Å². The SMILES string of the molecule is C=C(C(C)C)N1CC(C(=O)N2CCC3(CC2)CC3CNC(=O)c2cc3ccncc3o2)C1.CN1CCOC(C(=O)N2CCC3(CC2)CC3CNC(=O)c2cc3ccncc3o2)C1.CS(=O)(=O)N1CCC(CC(=O)N2CCC3(CC2)CC3CNC(=O)c2cc3ccncc3o2)CC1. The van der Waals surface area contributed by atoms with Crippen molar-refractivity contribution < 1.29 is 55.2 Å². The van der Waals surface area contributed by atoms with Crippen molar-refractivity contribution in [3.63, 3.8) is 0 Å². The number of furan rings is 3. The molecule has 6 saturated heterocycles. The normalized spacial score (nSPS) is 23.8. The highest BCUT2D eigenvalue weighted by atomic mass is 32.2. The van der Waals surface area contributed by atoms with E-state index in [0.717, 1.165) is 151 Å². The van der Waals surface area contributed by atoms with E-state index in [2.05, 4.69) is 66.0 Å². The molecule has 0 radical (unpaired) electrons. The molecule has 3 aliphatic carbocycles. The Bertz CT molecular complexity index is 3880. The van der Waals surface area contributed by atoms with Crippen LogP contribution < -0.4 is 16.0 Å². The van der Waals surface area contributed by atoms with E-state index in [0.29, 0.717) is 121 Å². The summed E-state index contributed by atoms with van der Waals surface area (Å²) in [5.41, 5.74) is 3.78. The lowest BCUT2D eigenvalue weighted by Crippen LogP contribution is -2.55. The van der Waals surface area contributed by atoms with E-state index < -0.39 is 10.0 Å². The Kier molecular flexibility index (Phi) is 19.3. The molecule has 12 heterocycles. The quantitative estimate of drug-likeness (QED) is 0.0875. The fraction of sp³-hybridized carbons (Fsp3) is 0.592. The van der Waals surface area contributed by atoms with Crippen LogP contribution in [0.3, 0.4) is 0 Å². The first-order chi connectivity index (χ1) is 46.1. The summed E-state index contributed by atoms with van der Waals surface area (Å²) in [5, 5.41) is 11.7. The Labute approximate surface area is 560 Å². The van der Waals surface area contributed by atoms with Gasteiger partial charge in [0.15, 0.2) is 34.0 Å². The maximum Gasteiger partial charge on any atom is 0.287 e. The van der Waals surface area contributed by atoms with E-state index in [9.17, 15) is 37.2 Å². The smallest absolute Gasteiger partial charge is 0.287 e. The number of rotatable bonds is 16. The summed E-state index contributed by atoms with van der Waals surface area (Å²) in [6, 6.07) is 10.7. The number of carbonyl (C=O) groups is 6. The van der Waals surface area contributed by atoms with Gasteiger partial charge in [0.25, 0.3) is 23.6 Å². The molecule has 3 saturated carbocycles. The average Bonchev–Trinajstić information content (AvgIpc) is 1.59. The molecule has 6 aliphatic heterocycles. The minimum atomic E-state index is -3.14. The van der Waals surface area contributed by atoms with Crippen LogP contribution in [0.4, 0.5) is 0 Å². The Balaban J connectivity index is 0.000000130. The summed E-state index contributed by atoms with van der Waals surface area (Å²) >= 11 is 0. The number of sulfonamides is 1. The fourth-order valence-corrected chi connectivity index (χ4v) is 16.8. The third-order valence-electron chi connectivity index (χ3n) is 22.9. The van der Waals surface area contributed by atoms with Gasteiger partial charge in [0.05, 0.1) is 37.4 Å². The molecule has 0 bridgehead atoms. The first kappa shape index (κ1) is 66.9. The molecule has 514 valence electrons. The van der Waals surface area contributed by atoms with Gasteiger partial charge in [0.1, 0.15) is 6.10 Å². The van der Waals surface area contributed by atoms with Gasteiger partial charge >= 0.3 is 0 Å². The van der Waals surface area contributed by atoms with Crippen LogP contribution in [0.1, 0.15) is 123 Å². The van der Waals surface area contributed by atoms with E-state index in [-0.39, 0.29) is 58.3 Å². The number of hydrogen-bond donors (Lipinski definition) is 3. The Morgan fingerprint density at radius 1 is 0.573 bits per heavy atom. The molecule has 6 amide bonds. The standard InChI is InChI=1S/C25H32N4O3.C24H32N4O5S.C22H28N4O4/c1-16(2)17(3)29-14-19(15-29)24(31)28-8-5-25(6-9-28)11-20(25)12-27-23(30)21-10-18-4-7-26-13-22(18)32-21;1-34(31,32)28-8-3-17(4-9-28)12-22(29)27-10-5-24(6-11-27)14-19(24)15-26-23(30)20-13-18-2-7-25-16-21(18)33-20;1-25-8-9-29-19(14-25)21(28)26-6-3-22(4-7-26)11-16(22)12-24-20(27)17-10-15-2-5-23-13-18(15)30-17/h4,7,10,13,16,19-20H,3,5-6,8-9,11-12,14-15H2,1-2H3,(H,27,30);2,7,13,16-17,19H,3-6,8-12,14-15H2,1H3,(H,26,30);2,5,10,13,16,19H,3-4,6-9,11-12,14H2,1H3,(H,24,27). The van der Waals surface area contributed by atoms with Crippen LogP contribution in [0, 0.1) is 51.8 Å². The van der Waals surface area contributed by atoms with Gasteiger partial charge in [0.2, 0.25) is 21.8 Å². The van der Waals surface area contributed by atoms with E-state index in [4.69, 9.17) is 18.0 Å². The zero-order valence-electron chi connectivity index (χ0n) is 55.8. The van der Waals surface area contributed by atoms with Gasteiger partial charge in [-0.1, -0.05) is 20.4 Å². The fourth-order valence-electron chi connectivity index (χ4n) is 15.9. The minimum absolute atomic E-state index is 0.118. The summed E-state index contributed by atoms with van der Waals surface area (Å²) in [4.78, 5) is 98.4. The lowest BCUT2D eigenvalue weighted by atomic mass is 9.89. The lowest BCUT2D eigenvalue weighted by Gasteiger charge is -2.45. The van der Waals surface area contributed by atoms with Crippen LogP contribution in [-0.2, 0) is 29.1 Å². The summed E-state index contributed by atoms with van der Waals surface area (Å²) in [6.07, 6.45) is 22.2. The molecule has 6 aromatic heterocycles. The summed E-state index contributed by atoms with van der Waals surface area (Å²) < 4.78 is 47.3. The molecule has 9 fully saturated rings. The second-order valence-corrected chi connectivity index (χ2v) is 31.2. The van der Waals surface area contributed by atoms with Crippen molar-refractivity contribution in [3.05, 3.63) is 103 Å². The van der Waals surface area contributed by atoms with Gasteiger partial charge in [-0.3, -0.25) is 43.7 Å². The second-order valence-electron chi connectivity index (χ2n) is 29.2. The van der Waals surface area contributed by atoms with Gasteiger partial charge in [-0.15, -0.1) is 0 Å². The largest absolute Gasteiger partial charge is 0.449 e. The Morgan fingerprint density at radius 2 is 0.979 bits per heavy atom. The maximum atomic E-state index is 12.9. The number of allylic oxidation sites excluding steroid dienone is 1. The highest BCUT2D eigenvalue weighted by Gasteiger charge is 2.57. The zero-order valence-corrected chi connectivity index (χ0v) is 56.6. The number of fused-ring (bicyclic) bond motifs is 3. The maximum absolute atomic E-state index is 12.9. The van der Waals surface area contributed by atoms with E-state index in [1.165, 1.54) is 10.6 Å². The predicted octanol–water partition coefficient (Wildman–Crippen LogP) is 7.05. The van der Waals surface area contributed by atoms with Crippen molar-refractivity contribution in [1.82, 2.24) is 59.7 Å². The first-order valence-electron chi connectivity index (χ1n) is 34.5. The number of hydrogen-bond acceptors (Lipinski definition) is 17. The average molecular weight is 1340 g/mol. The van der Waals surface area contributed by atoms with E-state index >= 15 is 0 Å². The predicted molar refractivity (Wildman–Crippen MR) is 358 cm³/mol. The number of pyridine rings is 3. The topological polar surface area (TPSA) is 279 Å². The van der Waals surface area contributed by atoms with Gasteiger partial charge in [-0.2, -0.15) is 0 Å². The van der Waals surface area contributed by atoms with Gasteiger partial charge in [0, 0.05) is 145 Å². The van der Waals surface area contributed by atoms with Crippen molar-refractivity contribution in [1.29, 1.82) is 0 Å². The number of likely N-dealkylation sites (tertiary alicyclic amines) is 4. The number of carbonyl (C=O) groups excluding carboxylic acids is 6. The lowest BCUT2D eigenvalue weighted by molar-refractivity contribution is -0.150. The monoisotopic (exact) mass is 1340 g/mol. The van der Waals surface area contributed by atoms with Crippen LogP contribution in [0.15, 0.2) is 99.1 Å². The third kappa shape index (κ3) is 14.9. The number of morpholine rings is 1. The molecule has 24 nitrogen and oxygen atoms in total. The van der Waals surface area contributed by atoms with Crippen LogP contribution >= 0.6 is 0 Å². The van der Waals surface area contributed by atoms with Gasteiger partial charge < -0.3 is 58.4 Å². The van der Waals surface area contributed by atoms with Crippen LogP contribution in [0.5, 0.6) is 0 Å². The van der Waals surface area contributed by atoms with Crippen molar-refractivity contribution in [2.24, 2.45) is 51.8 Å². The third-order valence-corrected chi connectivity index (χ3v) is 24.2. The number of nitrogens with zero attached hydrogens (tertiary/aromatic N) is 9. The molecule has 4 unspecified atom stereocenters. The number of piperidine rings is 4. The molecular formula is C71H92N12O12S. The molecular weight excluding hydrogens is 1240 g/mol. The second kappa shape index (κ2) is 27.6.